The Kier molecular flexibility index (Phi) is 9.28. The molecule has 2 heterocycles. The van der Waals surface area contributed by atoms with E-state index in [9.17, 15) is 7.85 Å². The number of fused-ring (bicyclic) bond motifs is 1. The lowest BCUT2D eigenvalue weighted by Gasteiger charge is -2.27. The second-order valence-electron chi connectivity index (χ2n) is 20.3. The first-order valence-electron chi connectivity index (χ1n) is 24.9. The molecule has 0 spiro atoms. The van der Waals surface area contributed by atoms with Gasteiger partial charge >= 0.3 is 0 Å². The number of phenolic OH excluding ortho intramolecular Hbond substituents is 1. The van der Waals surface area contributed by atoms with Crippen molar-refractivity contribution in [3.05, 3.63) is 167 Å². The van der Waals surface area contributed by atoms with Gasteiger partial charge in [0.25, 0.3) is 0 Å². The normalized spacial score (nSPS) is 13.9. The number of phenols is 1. The highest BCUT2D eigenvalue weighted by atomic mass is 16.3. The molecule has 0 unspecified atom stereocenters. The standard InChI is InChI=1S/C59H63N3O/c1-36(2)40-25-26-51(47(32-40)39-21-15-14-16-22-39)62-52-24-18-23-46(54(52)61-56(62)48-34-45(58(8,9)10)35-49(55(48)63)59(11,12)13)42-29-43(31-44(30-42)57(5,6)7)50-33-41(27-28-60-50)53-37(3)19-17-20-38(53)4/h14-36,63H,1-13H3/i14D,15D,16D,21D,22D,36D. The highest BCUT2D eigenvalue weighted by Gasteiger charge is 2.30. The lowest BCUT2D eigenvalue weighted by atomic mass is 9.79. The SMILES string of the molecule is [2H]c1c([2H])c([2H])c(-c2cc(C([2H])(C)C)ccc2-n2c(-c3cc(C(C)(C)C)cc(C(C)(C)C)c3O)nc3c(-c4cc(-c5cc(-c6c(C)cccc6C)ccn5)cc(C(C)(C)C)c4)cccc32)c([2H])c1[2H]. The number of imidazole rings is 1. The number of nitrogens with zero attached hydrogens (tertiary/aromatic N) is 3. The van der Waals surface area contributed by atoms with Crippen molar-refractivity contribution in [2.24, 2.45) is 0 Å². The molecular formula is C59H63N3O. The average molecular weight is 836 g/mol. The molecule has 8 aromatic rings. The molecule has 0 bridgehead atoms. The minimum absolute atomic E-state index is 0.00670. The molecule has 0 saturated heterocycles. The molecule has 0 saturated carbocycles. The Labute approximate surface area is 384 Å². The van der Waals surface area contributed by atoms with Crippen LogP contribution in [-0.4, -0.2) is 19.6 Å². The fourth-order valence-electron chi connectivity index (χ4n) is 8.57. The second kappa shape index (κ2) is 16.1. The summed E-state index contributed by atoms with van der Waals surface area (Å²) in [6.45, 7) is 27.0. The van der Waals surface area contributed by atoms with Gasteiger partial charge in [0, 0.05) is 29.8 Å². The van der Waals surface area contributed by atoms with Crippen LogP contribution in [-0.2, 0) is 16.2 Å². The van der Waals surface area contributed by atoms with Gasteiger partial charge in [-0.05, 0) is 135 Å². The molecule has 0 aliphatic rings. The number of aromatic nitrogens is 3. The third kappa shape index (κ3) is 8.36. The van der Waals surface area contributed by atoms with Crippen LogP contribution in [0.25, 0.3) is 72.7 Å². The number of para-hydroxylation sites is 1. The van der Waals surface area contributed by atoms with Gasteiger partial charge in [-0.2, -0.15) is 0 Å². The molecular weight excluding hydrogens is 767 g/mol. The van der Waals surface area contributed by atoms with Gasteiger partial charge in [-0.3, -0.25) is 9.55 Å². The first-order valence-corrected chi connectivity index (χ1v) is 21.9. The Morgan fingerprint density at radius 3 is 1.92 bits per heavy atom. The van der Waals surface area contributed by atoms with Crippen LogP contribution in [0.1, 0.15) is 124 Å². The number of rotatable bonds is 7. The van der Waals surface area contributed by atoms with E-state index in [4.69, 9.17) is 15.5 Å². The lowest BCUT2D eigenvalue weighted by molar-refractivity contribution is 0.446. The number of aromatic hydroxyl groups is 1. The largest absolute Gasteiger partial charge is 0.507 e. The Balaban J connectivity index is 1.51. The molecule has 4 nitrogen and oxygen atoms in total. The fraction of sp³-hybridized carbons (Fsp3) is 0.288. The van der Waals surface area contributed by atoms with Crippen LogP contribution in [0.2, 0.25) is 0 Å². The summed E-state index contributed by atoms with van der Waals surface area (Å²) in [5.74, 6) is -0.612. The van der Waals surface area contributed by atoms with Crippen molar-refractivity contribution in [1.29, 1.82) is 0 Å². The molecule has 0 atom stereocenters. The summed E-state index contributed by atoms with van der Waals surface area (Å²) in [6.07, 6.45) is 1.87. The maximum Gasteiger partial charge on any atom is 0.149 e. The van der Waals surface area contributed by atoms with Crippen molar-refractivity contribution < 1.29 is 13.3 Å². The number of aryl methyl sites for hydroxylation is 2. The molecule has 0 aliphatic heterocycles. The predicted octanol–water partition coefficient (Wildman–Crippen LogP) is 16.1. The van der Waals surface area contributed by atoms with E-state index in [1.165, 1.54) is 16.7 Å². The minimum atomic E-state index is -1.10. The molecule has 8 rings (SSSR count). The molecule has 0 aliphatic carbocycles. The maximum atomic E-state index is 12.6. The Morgan fingerprint density at radius 2 is 1.27 bits per heavy atom. The Hall–Kier alpha value is -6.26. The first kappa shape index (κ1) is 36.2. The van der Waals surface area contributed by atoms with E-state index >= 15 is 0 Å². The van der Waals surface area contributed by atoms with Crippen molar-refractivity contribution in [2.45, 2.75) is 112 Å². The zero-order valence-corrected chi connectivity index (χ0v) is 39.1. The molecule has 63 heavy (non-hydrogen) atoms. The van der Waals surface area contributed by atoms with Gasteiger partial charge in [-0.1, -0.05) is 155 Å². The summed E-state index contributed by atoms with van der Waals surface area (Å²) >= 11 is 0. The quantitative estimate of drug-likeness (QED) is 0.174. The van der Waals surface area contributed by atoms with E-state index in [0.717, 1.165) is 44.6 Å². The van der Waals surface area contributed by atoms with E-state index in [0.29, 0.717) is 39.2 Å². The van der Waals surface area contributed by atoms with Crippen LogP contribution in [0.15, 0.2) is 133 Å². The molecule has 2 aromatic heterocycles. The predicted molar refractivity (Wildman–Crippen MR) is 267 cm³/mol. The van der Waals surface area contributed by atoms with Crippen LogP contribution in [0.4, 0.5) is 0 Å². The van der Waals surface area contributed by atoms with Crippen molar-refractivity contribution >= 4 is 11.0 Å². The van der Waals surface area contributed by atoms with E-state index in [2.05, 4.69) is 137 Å². The topological polar surface area (TPSA) is 50.9 Å². The molecule has 4 heteroatoms. The van der Waals surface area contributed by atoms with Crippen LogP contribution in [0, 0.1) is 13.8 Å². The number of hydrogen-bond acceptors (Lipinski definition) is 3. The molecule has 0 radical (unpaired) electrons. The van der Waals surface area contributed by atoms with Crippen molar-refractivity contribution in [2.75, 3.05) is 0 Å². The molecule has 320 valence electrons. The van der Waals surface area contributed by atoms with Gasteiger partial charge in [0.2, 0.25) is 0 Å². The summed E-state index contributed by atoms with van der Waals surface area (Å²) in [5, 5.41) is 12.6. The van der Waals surface area contributed by atoms with E-state index in [1.807, 2.05) is 41.1 Å². The van der Waals surface area contributed by atoms with Gasteiger partial charge in [-0.25, -0.2) is 4.98 Å². The summed E-state index contributed by atoms with van der Waals surface area (Å²) < 4.78 is 55.5. The highest BCUT2D eigenvalue weighted by molar-refractivity contribution is 5.98. The Bertz CT molecular complexity index is 3310. The van der Waals surface area contributed by atoms with Crippen LogP contribution >= 0.6 is 0 Å². The van der Waals surface area contributed by atoms with Gasteiger partial charge in [0.15, 0.2) is 0 Å². The highest BCUT2D eigenvalue weighted by Crippen LogP contribution is 2.46. The van der Waals surface area contributed by atoms with Crippen molar-refractivity contribution in [3.8, 4) is 67.5 Å². The van der Waals surface area contributed by atoms with Gasteiger partial charge in [-0.15, -0.1) is 0 Å². The summed E-state index contributed by atoms with van der Waals surface area (Å²) in [4.78, 5) is 10.5. The smallest absolute Gasteiger partial charge is 0.149 e. The molecule has 0 fully saturated rings. The second-order valence-corrected chi connectivity index (χ2v) is 20.3. The molecule has 0 amide bonds. The number of benzene rings is 6. The van der Waals surface area contributed by atoms with E-state index < -0.39 is 29.4 Å². The number of hydrogen-bond donors (Lipinski definition) is 1. The van der Waals surface area contributed by atoms with Crippen LogP contribution < -0.4 is 0 Å². The number of pyridine rings is 1. The molecule has 6 aromatic carbocycles. The van der Waals surface area contributed by atoms with Gasteiger partial charge < -0.3 is 5.11 Å². The maximum absolute atomic E-state index is 12.6. The van der Waals surface area contributed by atoms with E-state index in [1.54, 1.807) is 19.9 Å². The van der Waals surface area contributed by atoms with E-state index in [-0.39, 0.29) is 34.2 Å². The third-order valence-corrected chi connectivity index (χ3v) is 12.2. The van der Waals surface area contributed by atoms with Crippen LogP contribution in [0.3, 0.4) is 0 Å². The van der Waals surface area contributed by atoms with Gasteiger partial charge in [0.1, 0.15) is 11.6 Å². The summed E-state index contributed by atoms with van der Waals surface area (Å²) in [6, 6.07) is 30.6. The zero-order chi connectivity index (χ0) is 50.4. The van der Waals surface area contributed by atoms with Crippen molar-refractivity contribution in [1.82, 2.24) is 14.5 Å². The monoisotopic (exact) mass is 836 g/mol. The summed E-state index contributed by atoms with van der Waals surface area (Å²) in [7, 11) is 0. The average Bonchev–Trinajstić information content (AvgIpc) is 3.65. The van der Waals surface area contributed by atoms with Gasteiger partial charge in [0.05, 0.1) is 34.8 Å². The molecule has 1 N–H and O–H groups in total. The first-order chi connectivity index (χ1) is 32.1. The fourth-order valence-corrected chi connectivity index (χ4v) is 8.57. The van der Waals surface area contributed by atoms with Crippen LogP contribution in [0.5, 0.6) is 5.75 Å². The van der Waals surface area contributed by atoms with Crippen molar-refractivity contribution in [3.63, 3.8) is 0 Å². The minimum Gasteiger partial charge on any atom is -0.507 e. The lowest BCUT2D eigenvalue weighted by Crippen LogP contribution is -2.17. The Morgan fingerprint density at radius 1 is 0.619 bits per heavy atom. The zero-order valence-electron chi connectivity index (χ0n) is 45.1. The summed E-state index contributed by atoms with van der Waals surface area (Å²) in [5.41, 5.74) is 13.2. The third-order valence-electron chi connectivity index (χ3n) is 12.2.